The quantitative estimate of drug-likeness (QED) is 0.682. The second-order valence-corrected chi connectivity index (χ2v) is 4.95. The van der Waals surface area contributed by atoms with Gasteiger partial charge in [-0.25, -0.2) is 0 Å². The fourth-order valence-corrected chi connectivity index (χ4v) is 2.12. The molecule has 82 valence electrons. The highest BCUT2D eigenvalue weighted by molar-refractivity contribution is 4.93. The molecule has 1 aliphatic rings. The summed E-state index contributed by atoms with van der Waals surface area (Å²) in [6.45, 7) is 4.41. The van der Waals surface area contributed by atoms with Crippen molar-refractivity contribution in [3.05, 3.63) is 12.2 Å². The molecule has 14 heavy (non-hydrogen) atoms. The smallest absolute Gasteiger partial charge is 0.0749 e. The minimum atomic E-state index is -0.186. The van der Waals surface area contributed by atoms with E-state index in [1.54, 1.807) is 0 Å². The van der Waals surface area contributed by atoms with E-state index in [0.29, 0.717) is 11.8 Å². The van der Waals surface area contributed by atoms with E-state index in [4.69, 9.17) is 0 Å². The van der Waals surface area contributed by atoms with Crippen molar-refractivity contribution in [3.63, 3.8) is 0 Å². The predicted molar refractivity (Wildman–Crippen MR) is 61.2 cm³/mol. The molecule has 0 bridgehead atoms. The van der Waals surface area contributed by atoms with Crippen LogP contribution in [0.2, 0.25) is 0 Å². The Morgan fingerprint density at radius 2 is 1.86 bits per heavy atom. The summed E-state index contributed by atoms with van der Waals surface area (Å²) in [7, 11) is 0. The van der Waals surface area contributed by atoms with Crippen LogP contribution in [0.15, 0.2) is 12.2 Å². The van der Waals surface area contributed by atoms with Crippen LogP contribution in [0.5, 0.6) is 0 Å². The molecule has 1 fully saturated rings. The topological polar surface area (TPSA) is 20.2 Å². The van der Waals surface area contributed by atoms with Crippen LogP contribution in [0.25, 0.3) is 0 Å². The Kier molecular flexibility index (Phi) is 5.24. The van der Waals surface area contributed by atoms with E-state index in [-0.39, 0.29) is 6.10 Å². The summed E-state index contributed by atoms with van der Waals surface area (Å²) in [4.78, 5) is 0. The Bertz CT molecular complexity index is 166. The van der Waals surface area contributed by atoms with Crippen LogP contribution in [0.4, 0.5) is 0 Å². The van der Waals surface area contributed by atoms with Crippen LogP contribution in [0, 0.1) is 11.8 Å². The first-order valence-electron chi connectivity index (χ1n) is 6.05. The molecular formula is C13H24O. The van der Waals surface area contributed by atoms with Gasteiger partial charge in [-0.15, -0.1) is 0 Å². The predicted octanol–water partition coefficient (Wildman–Crippen LogP) is 3.53. The van der Waals surface area contributed by atoms with Gasteiger partial charge in [0.25, 0.3) is 0 Å². The minimum absolute atomic E-state index is 0.186. The van der Waals surface area contributed by atoms with Gasteiger partial charge in [0.05, 0.1) is 6.10 Å². The maximum Gasteiger partial charge on any atom is 0.0749 e. The molecule has 1 rings (SSSR count). The van der Waals surface area contributed by atoms with Crippen LogP contribution >= 0.6 is 0 Å². The molecule has 1 heteroatoms. The van der Waals surface area contributed by atoms with Crippen molar-refractivity contribution in [1.29, 1.82) is 0 Å². The third-order valence-corrected chi connectivity index (χ3v) is 3.07. The van der Waals surface area contributed by atoms with Crippen LogP contribution < -0.4 is 0 Å². The summed E-state index contributed by atoms with van der Waals surface area (Å²) in [5, 5.41) is 9.90. The van der Waals surface area contributed by atoms with Gasteiger partial charge in [0.15, 0.2) is 0 Å². The number of allylic oxidation sites excluding steroid dienone is 1. The van der Waals surface area contributed by atoms with E-state index in [2.05, 4.69) is 19.9 Å². The third kappa shape index (κ3) is 4.28. The molecule has 0 unspecified atom stereocenters. The van der Waals surface area contributed by atoms with Crippen molar-refractivity contribution in [2.45, 2.75) is 58.5 Å². The Morgan fingerprint density at radius 1 is 1.21 bits per heavy atom. The van der Waals surface area contributed by atoms with E-state index in [9.17, 15) is 5.11 Å². The Morgan fingerprint density at radius 3 is 2.43 bits per heavy atom. The summed E-state index contributed by atoms with van der Waals surface area (Å²) >= 11 is 0. The zero-order valence-electron chi connectivity index (χ0n) is 9.58. The molecule has 0 heterocycles. The maximum atomic E-state index is 9.90. The lowest BCUT2D eigenvalue weighted by Gasteiger charge is -2.24. The molecule has 1 saturated carbocycles. The molecule has 0 saturated heterocycles. The molecule has 0 radical (unpaired) electrons. The minimum Gasteiger partial charge on any atom is -0.389 e. The normalized spacial score (nSPS) is 22.0. The number of aliphatic hydroxyl groups is 1. The zero-order chi connectivity index (χ0) is 10.4. The lowest BCUT2D eigenvalue weighted by atomic mass is 9.85. The molecule has 0 aromatic carbocycles. The zero-order valence-corrected chi connectivity index (χ0v) is 9.58. The van der Waals surface area contributed by atoms with E-state index >= 15 is 0 Å². The maximum absolute atomic E-state index is 9.90. The lowest BCUT2D eigenvalue weighted by Crippen LogP contribution is -2.20. The van der Waals surface area contributed by atoms with Crippen LogP contribution in [0.1, 0.15) is 52.4 Å². The van der Waals surface area contributed by atoms with Crippen molar-refractivity contribution in [2.75, 3.05) is 0 Å². The van der Waals surface area contributed by atoms with Gasteiger partial charge in [-0.3, -0.25) is 0 Å². The first-order valence-corrected chi connectivity index (χ1v) is 6.05. The molecule has 1 nitrogen and oxygen atoms in total. The highest BCUT2D eigenvalue weighted by Gasteiger charge is 2.19. The summed E-state index contributed by atoms with van der Waals surface area (Å²) in [6.07, 6.45) is 11.5. The summed E-state index contributed by atoms with van der Waals surface area (Å²) in [5.74, 6) is 1.23. The fraction of sp³-hybridized carbons (Fsp3) is 0.846. The molecule has 0 amide bonds. The van der Waals surface area contributed by atoms with Gasteiger partial charge in [0.1, 0.15) is 0 Å². The molecule has 0 aromatic rings. The van der Waals surface area contributed by atoms with Gasteiger partial charge in [0.2, 0.25) is 0 Å². The highest BCUT2D eigenvalue weighted by atomic mass is 16.3. The monoisotopic (exact) mass is 196 g/mol. The standard InChI is InChI=1S/C13H24O/c1-11(2)7-6-10-13(14)12-8-4-3-5-9-12/h6,10-14H,3-5,7-9H2,1-2H3/b10-6-/t13-/m1/s1. The molecule has 0 spiro atoms. The van der Waals surface area contributed by atoms with Crippen molar-refractivity contribution in [1.82, 2.24) is 0 Å². The third-order valence-electron chi connectivity index (χ3n) is 3.07. The second-order valence-electron chi connectivity index (χ2n) is 4.95. The van der Waals surface area contributed by atoms with Crippen molar-refractivity contribution >= 4 is 0 Å². The fourth-order valence-electron chi connectivity index (χ4n) is 2.12. The highest BCUT2D eigenvalue weighted by Crippen LogP contribution is 2.26. The van der Waals surface area contributed by atoms with Gasteiger partial charge >= 0.3 is 0 Å². The lowest BCUT2D eigenvalue weighted by molar-refractivity contribution is 0.125. The van der Waals surface area contributed by atoms with Gasteiger partial charge in [-0.05, 0) is 31.1 Å². The first kappa shape index (κ1) is 11.8. The van der Waals surface area contributed by atoms with E-state index in [1.165, 1.54) is 32.1 Å². The SMILES string of the molecule is CC(C)C/C=C\[C@@H](O)C1CCCCC1. The number of hydrogen-bond acceptors (Lipinski definition) is 1. The van der Waals surface area contributed by atoms with Gasteiger partial charge < -0.3 is 5.11 Å². The van der Waals surface area contributed by atoms with Crippen molar-refractivity contribution < 1.29 is 5.11 Å². The van der Waals surface area contributed by atoms with Gasteiger partial charge in [-0.2, -0.15) is 0 Å². The molecule has 1 aliphatic carbocycles. The van der Waals surface area contributed by atoms with Crippen LogP contribution in [-0.2, 0) is 0 Å². The van der Waals surface area contributed by atoms with Crippen LogP contribution in [-0.4, -0.2) is 11.2 Å². The average molecular weight is 196 g/mol. The molecule has 1 atom stereocenters. The largest absolute Gasteiger partial charge is 0.389 e. The Hall–Kier alpha value is -0.300. The van der Waals surface area contributed by atoms with Gasteiger partial charge in [0, 0.05) is 0 Å². The van der Waals surface area contributed by atoms with Crippen molar-refractivity contribution in [2.24, 2.45) is 11.8 Å². The summed E-state index contributed by atoms with van der Waals surface area (Å²) < 4.78 is 0. The number of rotatable bonds is 4. The summed E-state index contributed by atoms with van der Waals surface area (Å²) in [5.41, 5.74) is 0. The van der Waals surface area contributed by atoms with E-state index in [1.807, 2.05) is 6.08 Å². The number of aliphatic hydroxyl groups excluding tert-OH is 1. The molecular weight excluding hydrogens is 172 g/mol. The Balaban J connectivity index is 2.25. The first-order chi connectivity index (χ1) is 6.70. The average Bonchev–Trinajstić information content (AvgIpc) is 2.18. The molecule has 0 aromatic heterocycles. The summed E-state index contributed by atoms with van der Waals surface area (Å²) in [6, 6.07) is 0. The van der Waals surface area contributed by atoms with Crippen LogP contribution in [0.3, 0.4) is 0 Å². The van der Waals surface area contributed by atoms with E-state index in [0.717, 1.165) is 6.42 Å². The van der Waals surface area contributed by atoms with E-state index < -0.39 is 0 Å². The number of hydrogen-bond donors (Lipinski definition) is 1. The van der Waals surface area contributed by atoms with Gasteiger partial charge in [-0.1, -0.05) is 45.3 Å². The van der Waals surface area contributed by atoms with Crippen molar-refractivity contribution in [3.8, 4) is 0 Å². The molecule has 1 N–H and O–H groups in total. The molecule has 0 aliphatic heterocycles. The Labute approximate surface area is 88.2 Å². The second kappa shape index (κ2) is 6.23.